The third-order valence-corrected chi connectivity index (χ3v) is 4.35. The second kappa shape index (κ2) is 5.08. The Labute approximate surface area is 128 Å². The average Bonchev–Trinajstić information content (AvgIpc) is 2.89. The number of fused-ring (bicyclic) bond motifs is 2. The number of halogens is 1. The molecule has 0 saturated carbocycles. The number of hydrogen-bond acceptors (Lipinski definition) is 2. The minimum atomic E-state index is 0.298. The number of H-pyrrole nitrogens is 1. The van der Waals surface area contributed by atoms with Crippen molar-refractivity contribution in [2.75, 3.05) is 5.32 Å². The van der Waals surface area contributed by atoms with Crippen LogP contribution in [-0.2, 0) is 6.42 Å². The SMILES string of the molecule is Clc1ccc2c(c1)CCCC2Nc1nc2ccccc2[nH]1. The highest BCUT2D eigenvalue weighted by atomic mass is 35.5. The van der Waals surface area contributed by atoms with E-state index in [1.807, 2.05) is 30.3 Å². The van der Waals surface area contributed by atoms with Crippen molar-refractivity contribution in [3.63, 3.8) is 0 Å². The molecule has 0 aliphatic heterocycles. The van der Waals surface area contributed by atoms with Crippen LogP contribution in [0.3, 0.4) is 0 Å². The molecule has 0 bridgehead atoms. The quantitative estimate of drug-likeness (QED) is 0.719. The standard InChI is InChI=1S/C17H16ClN3/c18-12-8-9-13-11(10-12)4-3-7-14(13)19-17-20-15-5-1-2-6-16(15)21-17/h1-2,5-6,8-10,14H,3-4,7H2,(H2,19,20,21). The lowest BCUT2D eigenvalue weighted by molar-refractivity contribution is 0.597. The van der Waals surface area contributed by atoms with Gasteiger partial charge in [0.2, 0.25) is 5.95 Å². The Hall–Kier alpha value is -2.00. The lowest BCUT2D eigenvalue weighted by atomic mass is 9.88. The van der Waals surface area contributed by atoms with Crippen LogP contribution < -0.4 is 5.32 Å². The van der Waals surface area contributed by atoms with E-state index in [2.05, 4.69) is 27.4 Å². The van der Waals surface area contributed by atoms with E-state index in [0.717, 1.165) is 34.8 Å². The molecule has 1 aliphatic carbocycles. The Morgan fingerprint density at radius 3 is 3.00 bits per heavy atom. The summed E-state index contributed by atoms with van der Waals surface area (Å²) in [6, 6.07) is 14.6. The maximum atomic E-state index is 6.10. The van der Waals surface area contributed by atoms with Crippen LogP contribution in [0.5, 0.6) is 0 Å². The topological polar surface area (TPSA) is 40.7 Å². The molecule has 1 aliphatic rings. The van der Waals surface area contributed by atoms with Crippen LogP contribution in [0.2, 0.25) is 5.02 Å². The zero-order valence-corrected chi connectivity index (χ0v) is 12.3. The summed E-state index contributed by atoms with van der Waals surface area (Å²) in [5.74, 6) is 0.837. The molecule has 1 unspecified atom stereocenters. The second-order valence-electron chi connectivity index (χ2n) is 5.53. The number of aromatic amines is 1. The summed E-state index contributed by atoms with van der Waals surface area (Å²) in [6.45, 7) is 0. The number of anilines is 1. The summed E-state index contributed by atoms with van der Waals surface area (Å²) in [6.07, 6.45) is 3.39. The van der Waals surface area contributed by atoms with Gasteiger partial charge in [0.25, 0.3) is 0 Å². The van der Waals surface area contributed by atoms with E-state index in [1.165, 1.54) is 17.5 Å². The maximum absolute atomic E-state index is 6.10. The molecule has 106 valence electrons. The van der Waals surface area contributed by atoms with Gasteiger partial charge in [0.05, 0.1) is 17.1 Å². The molecule has 1 aromatic heterocycles. The maximum Gasteiger partial charge on any atom is 0.201 e. The summed E-state index contributed by atoms with van der Waals surface area (Å²) >= 11 is 6.10. The summed E-state index contributed by atoms with van der Waals surface area (Å²) < 4.78 is 0. The van der Waals surface area contributed by atoms with Crippen LogP contribution in [0.15, 0.2) is 42.5 Å². The number of hydrogen-bond donors (Lipinski definition) is 2. The molecule has 0 spiro atoms. The molecule has 1 heterocycles. The van der Waals surface area contributed by atoms with Crippen molar-refractivity contribution in [3.8, 4) is 0 Å². The summed E-state index contributed by atoms with van der Waals surface area (Å²) in [5, 5.41) is 4.35. The number of nitrogens with zero attached hydrogens (tertiary/aromatic N) is 1. The van der Waals surface area contributed by atoms with Crippen LogP contribution in [0.1, 0.15) is 30.0 Å². The summed E-state index contributed by atoms with van der Waals surface area (Å²) in [7, 11) is 0. The highest BCUT2D eigenvalue weighted by molar-refractivity contribution is 6.30. The fourth-order valence-electron chi connectivity index (χ4n) is 3.12. The first-order valence-electron chi connectivity index (χ1n) is 7.29. The Bertz CT molecular complexity index is 761. The smallest absolute Gasteiger partial charge is 0.201 e. The van der Waals surface area contributed by atoms with E-state index in [4.69, 9.17) is 11.6 Å². The van der Waals surface area contributed by atoms with Gasteiger partial charge in [-0.05, 0) is 54.7 Å². The number of rotatable bonds is 2. The van der Waals surface area contributed by atoms with Gasteiger partial charge in [0.15, 0.2) is 0 Å². The molecule has 4 heteroatoms. The zero-order chi connectivity index (χ0) is 14.2. The van der Waals surface area contributed by atoms with Crippen LogP contribution in [0.4, 0.5) is 5.95 Å². The van der Waals surface area contributed by atoms with Crippen molar-refractivity contribution in [1.82, 2.24) is 9.97 Å². The van der Waals surface area contributed by atoms with Crippen molar-refractivity contribution in [1.29, 1.82) is 0 Å². The third-order valence-electron chi connectivity index (χ3n) is 4.12. The summed E-state index contributed by atoms with van der Waals surface area (Å²) in [5.41, 5.74) is 4.74. The molecule has 3 aromatic rings. The molecule has 3 nitrogen and oxygen atoms in total. The molecule has 0 saturated heterocycles. The predicted octanol–water partition coefficient (Wildman–Crippen LogP) is 4.71. The third kappa shape index (κ3) is 2.38. The van der Waals surface area contributed by atoms with Crippen LogP contribution in [0, 0.1) is 0 Å². The number of nitrogens with one attached hydrogen (secondary N) is 2. The van der Waals surface area contributed by atoms with E-state index in [0.29, 0.717) is 6.04 Å². The fraction of sp³-hybridized carbons (Fsp3) is 0.235. The van der Waals surface area contributed by atoms with Gasteiger partial charge in [-0.2, -0.15) is 0 Å². The number of aryl methyl sites for hydroxylation is 1. The Kier molecular flexibility index (Phi) is 3.08. The molecule has 2 aromatic carbocycles. The van der Waals surface area contributed by atoms with Gasteiger partial charge in [-0.15, -0.1) is 0 Å². The number of imidazole rings is 1. The van der Waals surface area contributed by atoms with Gasteiger partial charge in [0, 0.05) is 5.02 Å². The largest absolute Gasteiger partial charge is 0.349 e. The van der Waals surface area contributed by atoms with E-state index < -0.39 is 0 Å². The molecule has 0 amide bonds. The van der Waals surface area contributed by atoms with E-state index in [-0.39, 0.29) is 0 Å². The molecule has 2 N–H and O–H groups in total. The number of para-hydroxylation sites is 2. The summed E-state index contributed by atoms with van der Waals surface area (Å²) in [4.78, 5) is 7.94. The first-order chi connectivity index (χ1) is 10.3. The van der Waals surface area contributed by atoms with Crippen molar-refractivity contribution in [3.05, 3.63) is 58.6 Å². The van der Waals surface area contributed by atoms with Crippen LogP contribution in [-0.4, -0.2) is 9.97 Å². The second-order valence-corrected chi connectivity index (χ2v) is 5.97. The molecule has 4 rings (SSSR count). The van der Waals surface area contributed by atoms with Gasteiger partial charge < -0.3 is 10.3 Å². The lowest BCUT2D eigenvalue weighted by Crippen LogP contribution is -2.17. The highest BCUT2D eigenvalue weighted by Crippen LogP contribution is 2.33. The molecule has 1 atom stereocenters. The number of aromatic nitrogens is 2. The van der Waals surface area contributed by atoms with Gasteiger partial charge in [-0.3, -0.25) is 0 Å². The van der Waals surface area contributed by atoms with E-state index >= 15 is 0 Å². The van der Waals surface area contributed by atoms with Crippen molar-refractivity contribution in [2.24, 2.45) is 0 Å². The van der Waals surface area contributed by atoms with E-state index in [9.17, 15) is 0 Å². The Balaban J connectivity index is 1.66. The van der Waals surface area contributed by atoms with Gasteiger partial charge in [-0.1, -0.05) is 29.8 Å². The molecule has 0 radical (unpaired) electrons. The number of benzene rings is 2. The molecular weight excluding hydrogens is 282 g/mol. The fourth-order valence-corrected chi connectivity index (χ4v) is 3.31. The van der Waals surface area contributed by atoms with E-state index in [1.54, 1.807) is 0 Å². The minimum Gasteiger partial charge on any atom is -0.349 e. The molecular formula is C17H16ClN3. The minimum absolute atomic E-state index is 0.298. The van der Waals surface area contributed by atoms with Gasteiger partial charge >= 0.3 is 0 Å². The van der Waals surface area contributed by atoms with Gasteiger partial charge in [0.1, 0.15) is 0 Å². The molecule has 21 heavy (non-hydrogen) atoms. The first-order valence-corrected chi connectivity index (χ1v) is 7.67. The normalized spacial score (nSPS) is 17.7. The Morgan fingerprint density at radius 1 is 1.19 bits per heavy atom. The first kappa shape index (κ1) is 12.7. The van der Waals surface area contributed by atoms with Crippen LogP contribution >= 0.6 is 11.6 Å². The monoisotopic (exact) mass is 297 g/mol. The molecule has 0 fully saturated rings. The van der Waals surface area contributed by atoms with Crippen molar-refractivity contribution in [2.45, 2.75) is 25.3 Å². The van der Waals surface area contributed by atoms with Crippen molar-refractivity contribution < 1.29 is 0 Å². The Morgan fingerprint density at radius 2 is 2.10 bits per heavy atom. The highest BCUT2D eigenvalue weighted by Gasteiger charge is 2.21. The van der Waals surface area contributed by atoms with Crippen LogP contribution in [0.25, 0.3) is 11.0 Å². The van der Waals surface area contributed by atoms with Gasteiger partial charge in [-0.25, -0.2) is 4.98 Å². The lowest BCUT2D eigenvalue weighted by Gasteiger charge is -2.26. The van der Waals surface area contributed by atoms with Crippen molar-refractivity contribution >= 4 is 28.6 Å². The predicted molar refractivity (Wildman–Crippen MR) is 86.8 cm³/mol. The average molecular weight is 298 g/mol. The zero-order valence-electron chi connectivity index (χ0n) is 11.6.